The van der Waals surface area contributed by atoms with Gasteiger partial charge in [-0.15, -0.1) is 0 Å². The smallest absolute Gasteiger partial charge is 0.326 e. The van der Waals surface area contributed by atoms with Gasteiger partial charge in [0.1, 0.15) is 6.04 Å². The molecule has 0 amide bonds. The van der Waals surface area contributed by atoms with Gasteiger partial charge in [0.25, 0.3) is 0 Å². The average molecular weight is 224 g/mol. The lowest BCUT2D eigenvalue weighted by atomic mass is 10.2. The first-order chi connectivity index (χ1) is 7.63. The van der Waals surface area contributed by atoms with E-state index in [1.54, 1.807) is 10.9 Å². The van der Waals surface area contributed by atoms with Gasteiger partial charge in [-0.2, -0.15) is 5.10 Å². The van der Waals surface area contributed by atoms with Crippen LogP contribution >= 0.6 is 0 Å². The molecule has 2 heterocycles. The maximum atomic E-state index is 11.1. The maximum Gasteiger partial charge on any atom is 0.326 e. The third-order valence-corrected chi connectivity index (χ3v) is 3.05. The number of hydrogen-bond donors (Lipinski definition) is 2. The second kappa shape index (κ2) is 4.13. The third kappa shape index (κ3) is 1.76. The third-order valence-electron chi connectivity index (χ3n) is 3.05. The van der Waals surface area contributed by atoms with Crippen LogP contribution < -0.4 is 10.6 Å². The number of aryl methyl sites for hydroxylation is 1. The zero-order chi connectivity index (χ0) is 11.7. The SMILES string of the molecule is Cn1cc(N2[C@@H](CN)CC[C@H]2C(=O)O)cn1. The molecule has 0 aliphatic carbocycles. The van der Waals surface area contributed by atoms with E-state index in [1.807, 2.05) is 18.1 Å². The fourth-order valence-corrected chi connectivity index (χ4v) is 2.29. The van der Waals surface area contributed by atoms with Gasteiger partial charge >= 0.3 is 5.97 Å². The summed E-state index contributed by atoms with van der Waals surface area (Å²) in [6.45, 7) is 0.471. The Kier molecular flexibility index (Phi) is 2.82. The minimum absolute atomic E-state index is 0.102. The molecule has 1 aliphatic heterocycles. The lowest BCUT2D eigenvalue weighted by Gasteiger charge is -2.28. The van der Waals surface area contributed by atoms with Crippen molar-refractivity contribution in [2.75, 3.05) is 11.4 Å². The molecular weight excluding hydrogens is 208 g/mol. The molecule has 0 aromatic carbocycles. The Morgan fingerprint density at radius 3 is 2.94 bits per heavy atom. The van der Waals surface area contributed by atoms with E-state index >= 15 is 0 Å². The Labute approximate surface area is 93.6 Å². The van der Waals surface area contributed by atoms with E-state index in [2.05, 4.69) is 5.10 Å². The quantitative estimate of drug-likeness (QED) is 0.742. The molecule has 6 nitrogen and oxygen atoms in total. The molecular formula is C10H16N4O2. The van der Waals surface area contributed by atoms with Crippen LogP contribution in [0.1, 0.15) is 12.8 Å². The molecule has 1 aromatic heterocycles. The van der Waals surface area contributed by atoms with Crippen LogP contribution in [0.5, 0.6) is 0 Å². The molecule has 88 valence electrons. The van der Waals surface area contributed by atoms with E-state index in [0.717, 1.165) is 12.1 Å². The molecule has 0 spiro atoms. The number of aromatic nitrogens is 2. The molecule has 6 heteroatoms. The maximum absolute atomic E-state index is 11.1. The molecule has 1 fully saturated rings. The molecule has 0 radical (unpaired) electrons. The number of nitrogens with two attached hydrogens (primary N) is 1. The fourth-order valence-electron chi connectivity index (χ4n) is 2.29. The Hall–Kier alpha value is -1.56. The topological polar surface area (TPSA) is 84.4 Å². The van der Waals surface area contributed by atoms with Gasteiger partial charge < -0.3 is 15.7 Å². The van der Waals surface area contributed by atoms with Crippen molar-refractivity contribution >= 4 is 11.7 Å². The van der Waals surface area contributed by atoms with Gasteiger partial charge in [0.2, 0.25) is 0 Å². The molecule has 16 heavy (non-hydrogen) atoms. The lowest BCUT2D eigenvalue weighted by molar-refractivity contribution is -0.138. The number of nitrogens with zero attached hydrogens (tertiary/aromatic N) is 3. The van der Waals surface area contributed by atoms with Gasteiger partial charge in [-0.1, -0.05) is 0 Å². The molecule has 1 saturated heterocycles. The molecule has 0 bridgehead atoms. The summed E-state index contributed by atoms with van der Waals surface area (Å²) in [7, 11) is 1.81. The Bertz CT molecular complexity index is 390. The minimum Gasteiger partial charge on any atom is -0.480 e. The summed E-state index contributed by atoms with van der Waals surface area (Å²) in [6, 6.07) is -0.372. The zero-order valence-electron chi connectivity index (χ0n) is 9.21. The molecule has 2 atom stereocenters. The van der Waals surface area contributed by atoms with Crippen LogP contribution in [0.3, 0.4) is 0 Å². The number of rotatable bonds is 3. The molecule has 0 saturated carbocycles. The molecule has 1 aromatic rings. The second-order valence-corrected chi connectivity index (χ2v) is 4.10. The van der Waals surface area contributed by atoms with Gasteiger partial charge in [0.15, 0.2) is 0 Å². The Balaban J connectivity index is 2.29. The molecule has 2 rings (SSSR count). The first-order valence-corrected chi connectivity index (χ1v) is 5.33. The van der Waals surface area contributed by atoms with Crippen molar-refractivity contribution in [3.8, 4) is 0 Å². The number of hydrogen-bond acceptors (Lipinski definition) is 4. The minimum atomic E-state index is -0.792. The summed E-state index contributed by atoms with van der Waals surface area (Å²) >= 11 is 0. The van der Waals surface area contributed by atoms with Crippen molar-refractivity contribution in [3.05, 3.63) is 12.4 Å². The van der Waals surface area contributed by atoms with Crippen LogP contribution in [0.4, 0.5) is 5.69 Å². The monoisotopic (exact) mass is 224 g/mol. The van der Waals surface area contributed by atoms with Gasteiger partial charge in [-0.3, -0.25) is 4.68 Å². The van der Waals surface area contributed by atoms with Crippen molar-refractivity contribution in [1.29, 1.82) is 0 Å². The summed E-state index contributed by atoms with van der Waals surface area (Å²) in [4.78, 5) is 13.0. The number of anilines is 1. The van der Waals surface area contributed by atoms with Crippen molar-refractivity contribution in [2.45, 2.75) is 24.9 Å². The van der Waals surface area contributed by atoms with Crippen LogP contribution in [0, 0.1) is 0 Å². The summed E-state index contributed by atoms with van der Waals surface area (Å²) in [5.74, 6) is -0.792. The highest BCUT2D eigenvalue weighted by atomic mass is 16.4. The van der Waals surface area contributed by atoms with E-state index in [4.69, 9.17) is 10.8 Å². The highest BCUT2D eigenvalue weighted by Crippen LogP contribution is 2.29. The first kappa shape index (κ1) is 10.9. The Morgan fingerprint density at radius 1 is 1.69 bits per heavy atom. The summed E-state index contributed by atoms with van der Waals surface area (Å²) in [5.41, 5.74) is 6.50. The predicted octanol–water partition coefficient (Wildman–Crippen LogP) is -0.199. The van der Waals surface area contributed by atoms with E-state index in [-0.39, 0.29) is 6.04 Å². The van der Waals surface area contributed by atoms with E-state index in [9.17, 15) is 4.79 Å². The molecule has 1 aliphatic rings. The fraction of sp³-hybridized carbons (Fsp3) is 0.600. The van der Waals surface area contributed by atoms with Crippen LogP contribution in [-0.4, -0.2) is 39.5 Å². The Morgan fingerprint density at radius 2 is 2.44 bits per heavy atom. The van der Waals surface area contributed by atoms with Crippen molar-refractivity contribution in [1.82, 2.24) is 9.78 Å². The standard InChI is InChI=1S/C10H16N4O2/c1-13-6-8(5-12-13)14-7(4-11)2-3-9(14)10(15)16/h5-7,9H,2-4,11H2,1H3,(H,15,16)/t7-,9+/m1/s1. The van der Waals surface area contributed by atoms with Crippen molar-refractivity contribution < 1.29 is 9.90 Å². The summed E-state index contributed by atoms with van der Waals surface area (Å²) < 4.78 is 1.67. The number of carboxylic acids is 1. The average Bonchev–Trinajstić information content (AvgIpc) is 2.82. The zero-order valence-corrected chi connectivity index (χ0v) is 9.21. The summed E-state index contributed by atoms with van der Waals surface area (Å²) in [6.07, 6.45) is 4.97. The normalized spacial score (nSPS) is 25.0. The van der Waals surface area contributed by atoms with E-state index < -0.39 is 12.0 Å². The van der Waals surface area contributed by atoms with Crippen LogP contribution in [0.25, 0.3) is 0 Å². The van der Waals surface area contributed by atoms with Gasteiger partial charge in [0.05, 0.1) is 11.9 Å². The van der Waals surface area contributed by atoms with Crippen LogP contribution in [-0.2, 0) is 11.8 Å². The number of carbonyl (C=O) groups is 1. The van der Waals surface area contributed by atoms with Crippen LogP contribution in [0.2, 0.25) is 0 Å². The van der Waals surface area contributed by atoms with E-state index in [1.165, 1.54) is 0 Å². The number of carboxylic acid groups (broad SMARTS) is 1. The molecule has 0 unspecified atom stereocenters. The second-order valence-electron chi connectivity index (χ2n) is 4.10. The predicted molar refractivity (Wildman–Crippen MR) is 59.2 cm³/mol. The highest BCUT2D eigenvalue weighted by Gasteiger charge is 2.37. The van der Waals surface area contributed by atoms with Crippen molar-refractivity contribution in [2.24, 2.45) is 12.8 Å². The van der Waals surface area contributed by atoms with Gasteiger partial charge in [-0.25, -0.2) is 4.79 Å². The van der Waals surface area contributed by atoms with Gasteiger partial charge in [-0.05, 0) is 12.8 Å². The van der Waals surface area contributed by atoms with Gasteiger partial charge in [0, 0.05) is 25.8 Å². The van der Waals surface area contributed by atoms with Crippen LogP contribution in [0.15, 0.2) is 12.4 Å². The summed E-state index contributed by atoms with van der Waals surface area (Å²) in [5, 5.41) is 13.2. The van der Waals surface area contributed by atoms with Crippen molar-refractivity contribution in [3.63, 3.8) is 0 Å². The number of aliphatic carboxylic acids is 1. The highest BCUT2D eigenvalue weighted by molar-refractivity contribution is 5.79. The lowest BCUT2D eigenvalue weighted by Crippen LogP contribution is -2.43. The first-order valence-electron chi connectivity index (χ1n) is 5.33. The van der Waals surface area contributed by atoms with E-state index in [0.29, 0.717) is 13.0 Å². The largest absolute Gasteiger partial charge is 0.480 e. The molecule has 3 N–H and O–H groups in total.